The summed E-state index contributed by atoms with van der Waals surface area (Å²) in [7, 11) is 0. The van der Waals surface area contributed by atoms with Gasteiger partial charge in [0.15, 0.2) is 5.82 Å². The maximum absolute atomic E-state index is 12.7. The van der Waals surface area contributed by atoms with Gasteiger partial charge in [0.25, 0.3) is 5.78 Å². The van der Waals surface area contributed by atoms with Gasteiger partial charge in [0.2, 0.25) is 5.91 Å². The summed E-state index contributed by atoms with van der Waals surface area (Å²) >= 11 is 6.18. The Labute approximate surface area is 199 Å². The average molecular weight is 462 g/mol. The molecule has 6 nitrogen and oxygen atoms in total. The van der Waals surface area contributed by atoms with Crippen LogP contribution in [0.3, 0.4) is 0 Å². The van der Waals surface area contributed by atoms with Crippen LogP contribution in [0.1, 0.15) is 48.8 Å². The number of anilines is 1. The number of carbonyl (C=O) groups is 1. The summed E-state index contributed by atoms with van der Waals surface area (Å²) in [5.41, 5.74) is 6.34. The fourth-order valence-electron chi connectivity index (χ4n) is 3.74. The number of carbonyl (C=O) groups excluding carboxylic acids is 1. The van der Waals surface area contributed by atoms with Crippen LogP contribution in [0, 0.1) is 20.8 Å². The molecule has 170 valence electrons. The first kappa shape index (κ1) is 22.9. The summed E-state index contributed by atoms with van der Waals surface area (Å²) in [5, 5.41) is 8.21. The van der Waals surface area contributed by atoms with Crippen molar-refractivity contribution < 1.29 is 4.79 Å². The molecule has 0 fully saturated rings. The number of rotatable bonds is 4. The van der Waals surface area contributed by atoms with E-state index in [-0.39, 0.29) is 17.7 Å². The Kier molecular flexibility index (Phi) is 5.97. The monoisotopic (exact) mass is 461 g/mol. The normalized spacial score (nSPS) is 11.7. The number of aromatic nitrogens is 4. The fourth-order valence-corrected chi connectivity index (χ4v) is 3.92. The van der Waals surface area contributed by atoms with Crippen molar-refractivity contribution >= 4 is 29.0 Å². The van der Waals surface area contributed by atoms with Gasteiger partial charge >= 0.3 is 0 Å². The second kappa shape index (κ2) is 8.60. The standard InChI is InChI=1S/C26H28ClN5O/c1-15-7-12-20(13-22(15)27)29-23(33)14-21-16(2)28-25-30-24(31-32(25)17(21)3)18-8-10-19(11-9-18)26(4,5)6/h7-13H,14H2,1-6H3,(H,29,33). The molecular weight excluding hydrogens is 434 g/mol. The maximum atomic E-state index is 12.7. The van der Waals surface area contributed by atoms with Crippen molar-refractivity contribution in [2.24, 2.45) is 0 Å². The molecule has 0 aliphatic rings. The minimum Gasteiger partial charge on any atom is -0.326 e. The molecule has 0 spiro atoms. The molecule has 33 heavy (non-hydrogen) atoms. The highest BCUT2D eigenvalue weighted by molar-refractivity contribution is 6.31. The Hall–Kier alpha value is -3.25. The molecule has 7 heteroatoms. The van der Waals surface area contributed by atoms with Gasteiger partial charge in [0.1, 0.15) is 0 Å². The van der Waals surface area contributed by atoms with Crippen LogP contribution in [0.5, 0.6) is 0 Å². The number of hydrogen-bond donors (Lipinski definition) is 1. The molecule has 0 aliphatic carbocycles. The van der Waals surface area contributed by atoms with Crippen molar-refractivity contribution in [2.45, 2.75) is 53.4 Å². The van der Waals surface area contributed by atoms with Crippen LogP contribution < -0.4 is 5.32 Å². The first-order valence-corrected chi connectivity index (χ1v) is 11.3. The van der Waals surface area contributed by atoms with E-state index in [0.29, 0.717) is 22.3 Å². The Morgan fingerprint density at radius 1 is 1.03 bits per heavy atom. The SMILES string of the molecule is Cc1ccc(NC(=O)Cc2c(C)nc3nc(-c4ccc(C(C)(C)C)cc4)nn3c2C)cc1Cl. The highest BCUT2D eigenvalue weighted by Crippen LogP contribution is 2.26. The smallest absolute Gasteiger partial charge is 0.253 e. The lowest BCUT2D eigenvalue weighted by molar-refractivity contribution is -0.115. The van der Waals surface area contributed by atoms with Crippen LogP contribution in [0.2, 0.25) is 5.02 Å². The molecule has 2 aromatic carbocycles. The van der Waals surface area contributed by atoms with Crippen molar-refractivity contribution in [3.63, 3.8) is 0 Å². The van der Waals surface area contributed by atoms with Crippen LogP contribution in [0.15, 0.2) is 42.5 Å². The summed E-state index contributed by atoms with van der Waals surface area (Å²) in [5.74, 6) is 0.996. The molecule has 2 aromatic heterocycles. The van der Waals surface area contributed by atoms with E-state index < -0.39 is 0 Å². The van der Waals surface area contributed by atoms with Crippen molar-refractivity contribution in [1.29, 1.82) is 0 Å². The Balaban J connectivity index is 1.61. The molecule has 1 N–H and O–H groups in total. The second-order valence-corrected chi connectivity index (χ2v) is 9.83. The number of hydrogen-bond acceptors (Lipinski definition) is 4. The van der Waals surface area contributed by atoms with E-state index in [1.54, 1.807) is 10.6 Å². The maximum Gasteiger partial charge on any atom is 0.253 e. The lowest BCUT2D eigenvalue weighted by atomic mass is 9.87. The van der Waals surface area contributed by atoms with E-state index in [2.05, 4.69) is 53.3 Å². The molecular formula is C26H28ClN5O. The molecule has 4 rings (SSSR count). The van der Waals surface area contributed by atoms with Gasteiger partial charge in [-0.25, -0.2) is 9.50 Å². The van der Waals surface area contributed by atoms with Gasteiger partial charge in [0.05, 0.1) is 6.42 Å². The number of amides is 1. The van der Waals surface area contributed by atoms with Crippen LogP contribution >= 0.6 is 11.6 Å². The quantitative estimate of drug-likeness (QED) is 0.413. The minimum atomic E-state index is -0.139. The van der Waals surface area contributed by atoms with E-state index >= 15 is 0 Å². The van der Waals surface area contributed by atoms with Crippen molar-refractivity contribution in [1.82, 2.24) is 19.6 Å². The summed E-state index contributed by atoms with van der Waals surface area (Å²) in [4.78, 5) is 22.0. The first-order valence-electron chi connectivity index (χ1n) is 10.9. The lowest BCUT2D eigenvalue weighted by Crippen LogP contribution is -2.17. The zero-order chi connectivity index (χ0) is 23.9. The molecule has 4 aromatic rings. The summed E-state index contributed by atoms with van der Waals surface area (Å²) in [6.07, 6.45) is 0.182. The van der Waals surface area contributed by atoms with E-state index in [0.717, 1.165) is 28.1 Å². The molecule has 0 bridgehead atoms. The van der Waals surface area contributed by atoms with Crippen LogP contribution in [-0.2, 0) is 16.6 Å². The van der Waals surface area contributed by atoms with Gasteiger partial charge in [-0.15, -0.1) is 5.10 Å². The van der Waals surface area contributed by atoms with Crippen LogP contribution in [0.25, 0.3) is 17.2 Å². The average Bonchev–Trinajstić information content (AvgIpc) is 3.17. The predicted molar refractivity (Wildman–Crippen MR) is 133 cm³/mol. The number of nitrogens with zero attached hydrogens (tertiary/aromatic N) is 4. The van der Waals surface area contributed by atoms with E-state index in [1.165, 1.54) is 5.56 Å². The molecule has 0 unspecified atom stereocenters. The van der Waals surface area contributed by atoms with Gasteiger partial charge in [-0.3, -0.25) is 4.79 Å². The zero-order valence-corrected chi connectivity index (χ0v) is 20.6. The van der Waals surface area contributed by atoms with Crippen molar-refractivity contribution in [2.75, 3.05) is 5.32 Å². The number of halogens is 1. The van der Waals surface area contributed by atoms with Gasteiger partial charge < -0.3 is 5.32 Å². The largest absolute Gasteiger partial charge is 0.326 e. The summed E-state index contributed by atoms with van der Waals surface area (Å²) < 4.78 is 1.71. The second-order valence-electron chi connectivity index (χ2n) is 9.42. The first-order chi connectivity index (χ1) is 15.5. The molecule has 1 amide bonds. The molecule has 2 heterocycles. The Bertz CT molecular complexity index is 1350. The summed E-state index contributed by atoms with van der Waals surface area (Å²) in [6, 6.07) is 13.8. The van der Waals surface area contributed by atoms with E-state index in [1.807, 2.05) is 45.0 Å². The van der Waals surface area contributed by atoms with Crippen LogP contribution in [-0.4, -0.2) is 25.5 Å². The van der Waals surface area contributed by atoms with Gasteiger partial charge in [-0.2, -0.15) is 4.98 Å². The van der Waals surface area contributed by atoms with Gasteiger partial charge in [0, 0.05) is 33.2 Å². The zero-order valence-electron chi connectivity index (χ0n) is 19.8. The molecule has 0 saturated heterocycles. The van der Waals surface area contributed by atoms with E-state index in [9.17, 15) is 4.79 Å². The number of benzene rings is 2. The third kappa shape index (κ3) is 4.76. The molecule has 0 aliphatic heterocycles. The highest BCUT2D eigenvalue weighted by Gasteiger charge is 2.18. The highest BCUT2D eigenvalue weighted by atomic mass is 35.5. The van der Waals surface area contributed by atoms with Crippen molar-refractivity contribution in [3.05, 3.63) is 75.6 Å². The Morgan fingerprint density at radius 2 is 1.73 bits per heavy atom. The number of fused-ring (bicyclic) bond motifs is 1. The number of aryl methyl sites for hydroxylation is 3. The topological polar surface area (TPSA) is 72.2 Å². The van der Waals surface area contributed by atoms with Gasteiger partial charge in [-0.05, 0) is 49.4 Å². The Morgan fingerprint density at radius 3 is 2.36 bits per heavy atom. The molecule has 0 saturated carbocycles. The molecule has 0 atom stereocenters. The number of nitrogens with one attached hydrogen (secondary N) is 1. The third-order valence-corrected chi connectivity index (χ3v) is 6.26. The summed E-state index contributed by atoms with van der Waals surface area (Å²) in [6.45, 7) is 12.3. The van der Waals surface area contributed by atoms with E-state index in [4.69, 9.17) is 11.6 Å². The van der Waals surface area contributed by atoms with Gasteiger partial charge in [-0.1, -0.05) is 62.7 Å². The predicted octanol–water partition coefficient (Wildman–Crippen LogP) is 5.85. The van der Waals surface area contributed by atoms with Crippen LogP contribution in [0.4, 0.5) is 5.69 Å². The lowest BCUT2D eigenvalue weighted by Gasteiger charge is -2.18. The fraction of sp³-hybridized carbons (Fsp3) is 0.308. The third-order valence-electron chi connectivity index (χ3n) is 5.85. The minimum absolute atomic E-state index is 0.0829. The molecule has 0 radical (unpaired) electrons. The van der Waals surface area contributed by atoms with Crippen molar-refractivity contribution in [3.8, 4) is 11.4 Å².